The van der Waals surface area contributed by atoms with Crippen LogP contribution in [0.15, 0.2) is 0 Å². The largest absolute Gasteiger partial charge is 0.340 e. The number of nitrogens with zero attached hydrogens (tertiary/aromatic N) is 1. The van der Waals surface area contributed by atoms with Crippen LogP contribution in [0.3, 0.4) is 0 Å². The van der Waals surface area contributed by atoms with Gasteiger partial charge in [-0.05, 0) is 39.0 Å². The van der Waals surface area contributed by atoms with Crippen LogP contribution in [-0.2, 0) is 4.79 Å². The molecule has 0 unspecified atom stereocenters. The van der Waals surface area contributed by atoms with Crippen LogP contribution in [0.2, 0.25) is 0 Å². The molecule has 1 aliphatic carbocycles. The molecule has 1 amide bonds. The SMILES string of the molecule is CCCCCCCCCC(=O)N(CC)C1CCC(N)CC1. The van der Waals surface area contributed by atoms with Crippen LogP contribution >= 0.6 is 0 Å². The first-order valence-corrected chi connectivity index (χ1v) is 9.24. The molecule has 3 heteroatoms. The fourth-order valence-corrected chi connectivity index (χ4v) is 3.43. The Morgan fingerprint density at radius 2 is 1.52 bits per heavy atom. The molecule has 124 valence electrons. The third-order valence-corrected chi connectivity index (χ3v) is 4.84. The Hall–Kier alpha value is -0.570. The fraction of sp³-hybridized carbons (Fsp3) is 0.944. The third kappa shape index (κ3) is 7.30. The molecule has 0 saturated heterocycles. The maximum Gasteiger partial charge on any atom is 0.222 e. The zero-order chi connectivity index (χ0) is 15.5. The van der Waals surface area contributed by atoms with Crippen LogP contribution in [-0.4, -0.2) is 29.4 Å². The number of rotatable bonds is 10. The molecule has 1 fully saturated rings. The van der Waals surface area contributed by atoms with E-state index in [1.54, 1.807) is 0 Å². The minimum Gasteiger partial charge on any atom is -0.340 e. The summed E-state index contributed by atoms with van der Waals surface area (Å²) in [5.41, 5.74) is 5.96. The molecular formula is C18H36N2O. The highest BCUT2D eigenvalue weighted by Gasteiger charge is 2.26. The first-order valence-electron chi connectivity index (χ1n) is 9.24. The molecule has 0 aromatic carbocycles. The van der Waals surface area contributed by atoms with Crippen LogP contribution < -0.4 is 5.73 Å². The standard InChI is InChI=1S/C18H36N2O/c1-3-5-6-7-8-9-10-11-18(21)20(4-2)17-14-12-16(19)13-15-17/h16-17H,3-15,19H2,1-2H3. The van der Waals surface area contributed by atoms with Gasteiger partial charge in [-0.15, -0.1) is 0 Å². The Kier molecular flexibility index (Phi) is 9.73. The summed E-state index contributed by atoms with van der Waals surface area (Å²) in [5, 5.41) is 0. The summed E-state index contributed by atoms with van der Waals surface area (Å²) in [6, 6.07) is 0.810. The van der Waals surface area contributed by atoms with E-state index in [1.807, 2.05) is 0 Å². The number of hydrogen-bond donors (Lipinski definition) is 1. The Bertz CT molecular complexity index is 272. The van der Waals surface area contributed by atoms with Crippen molar-refractivity contribution in [3.63, 3.8) is 0 Å². The maximum atomic E-state index is 12.4. The first kappa shape index (κ1) is 18.5. The van der Waals surface area contributed by atoms with Gasteiger partial charge in [-0.25, -0.2) is 0 Å². The molecule has 0 bridgehead atoms. The fourth-order valence-electron chi connectivity index (χ4n) is 3.43. The number of hydrogen-bond acceptors (Lipinski definition) is 2. The van der Waals surface area contributed by atoms with Crippen molar-refractivity contribution in [3.8, 4) is 0 Å². The summed E-state index contributed by atoms with van der Waals surface area (Å²) >= 11 is 0. The van der Waals surface area contributed by atoms with Gasteiger partial charge in [0.25, 0.3) is 0 Å². The van der Waals surface area contributed by atoms with Crippen molar-refractivity contribution in [2.75, 3.05) is 6.54 Å². The van der Waals surface area contributed by atoms with E-state index in [-0.39, 0.29) is 0 Å². The second-order valence-electron chi connectivity index (χ2n) is 6.62. The van der Waals surface area contributed by atoms with Gasteiger partial charge in [0.1, 0.15) is 0 Å². The van der Waals surface area contributed by atoms with E-state index in [9.17, 15) is 4.79 Å². The van der Waals surface area contributed by atoms with Crippen molar-refractivity contribution >= 4 is 5.91 Å². The lowest BCUT2D eigenvalue weighted by Crippen LogP contribution is -2.44. The van der Waals surface area contributed by atoms with E-state index in [4.69, 9.17) is 5.73 Å². The van der Waals surface area contributed by atoms with Gasteiger partial charge in [0.15, 0.2) is 0 Å². The molecule has 0 spiro atoms. The molecule has 1 aliphatic rings. The van der Waals surface area contributed by atoms with Crippen LogP contribution in [0.4, 0.5) is 0 Å². The quantitative estimate of drug-likeness (QED) is 0.613. The van der Waals surface area contributed by atoms with Gasteiger partial charge in [-0.1, -0.05) is 45.4 Å². The molecule has 1 rings (SSSR count). The topological polar surface area (TPSA) is 46.3 Å². The Morgan fingerprint density at radius 1 is 0.952 bits per heavy atom. The van der Waals surface area contributed by atoms with Gasteiger partial charge < -0.3 is 10.6 Å². The van der Waals surface area contributed by atoms with Gasteiger partial charge in [-0.2, -0.15) is 0 Å². The van der Waals surface area contributed by atoms with Crippen molar-refractivity contribution in [1.29, 1.82) is 0 Å². The smallest absolute Gasteiger partial charge is 0.222 e. The van der Waals surface area contributed by atoms with E-state index >= 15 is 0 Å². The third-order valence-electron chi connectivity index (χ3n) is 4.84. The van der Waals surface area contributed by atoms with E-state index in [1.165, 1.54) is 38.5 Å². The van der Waals surface area contributed by atoms with Crippen molar-refractivity contribution in [3.05, 3.63) is 0 Å². The molecule has 0 atom stereocenters. The summed E-state index contributed by atoms with van der Waals surface area (Å²) in [4.78, 5) is 14.5. The second kappa shape index (κ2) is 11.1. The summed E-state index contributed by atoms with van der Waals surface area (Å²) in [5.74, 6) is 0.367. The van der Waals surface area contributed by atoms with Crippen molar-refractivity contribution < 1.29 is 4.79 Å². The molecule has 0 radical (unpaired) electrons. The molecule has 0 aromatic rings. The van der Waals surface area contributed by atoms with E-state index < -0.39 is 0 Å². The van der Waals surface area contributed by atoms with Crippen LogP contribution in [0.5, 0.6) is 0 Å². The Labute approximate surface area is 131 Å². The monoisotopic (exact) mass is 296 g/mol. The highest BCUT2D eigenvalue weighted by Crippen LogP contribution is 2.23. The average molecular weight is 296 g/mol. The lowest BCUT2D eigenvalue weighted by Gasteiger charge is -2.35. The summed E-state index contributed by atoms with van der Waals surface area (Å²) < 4.78 is 0. The molecule has 2 N–H and O–H groups in total. The Balaban J connectivity index is 2.16. The summed E-state index contributed by atoms with van der Waals surface area (Å²) in [6.45, 7) is 5.21. The molecular weight excluding hydrogens is 260 g/mol. The van der Waals surface area contributed by atoms with Gasteiger partial charge in [0.2, 0.25) is 5.91 Å². The number of carbonyl (C=O) groups excluding carboxylic acids is 1. The van der Waals surface area contributed by atoms with Gasteiger partial charge >= 0.3 is 0 Å². The minimum absolute atomic E-state index is 0.359. The average Bonchev–Trinajstić information content (AvgIpc) is 2.49. The van der Waals surface area contributed by atoms with Crippen molar-refractivity contribution in [2.45, 2.75) is 103 Å². The second-order valence-corrected chi connectivity index (χ2v) is 6.62. The zero-order valence-corrected chi connectivity index (χ0v) is 14.3. The van der Waals surface area contributed by atoms with Gasteiger partial charge in [-0.3, -0.25) is 4.79 Å². The molecule has 3 nitrogen and oxygen atoms in total. The van der Waals surface area contributed by atoms with Crippen LogP contribution in [0.25, 0.3) is 0 Å². The lowest BCUT2D eigenvalue weighted by molar-refractivity contribution is -0.134. The van der Waals surface area contributed by atoms with E-state index in [0.29, 0.717) is 18.0 Å². The molecule has 0 aromatic heterocycles. The summed E-state index contributed by atoms with van der Waals surface area (Å²) in [6.07, 6.45) is 14.0. The van der Waals surface area contributed by atoms with E-state index in [2.05, 4.69) is 18.7 Å². The first-order chi connectivity index (χ1) is 10.2. The van der Waals surface area contributed by atoms with E-state index in [0.717, 1.165) is 45.1 Å². The molecule has 0 heterocycles. The van der Waals surface area contributed by atoms with Crippen LogP contribution in [0, 0.1) is 0 Å². The Morgan fingerprint density at radius 3 is 2.10 bits per heavy atom. The highest BCUT2D eigenvalue weighted by molar-refractivity contribution is 5.76. The summed E-state index contributed by atoms with van der Waals surface area (Å²) in [7, 11) is 0. The highest BCUT2D eigenvalue weighted by atomic mass is 16.2. The number of amides is 1. The zero-order valence-electron chi connectivity index (χ0n) is 14.3. The van der Waals surface area contributed by atoms with Crippen molar-refractivity contribution in [1.82, 2.24) is 4.90 Å². The minimum atomic E-state index is 0.359. The number of nitrogens with two attached hydrogens (primary N) is 1. The lowest BCUT2D eigenvalue weighted by atomic mass is 9.90. The predicted molar refractivity (Wildman–Crippen MR) is 90.2 cm³/mol. The van der Waals surface area contributed by atoms with Crippen molar-refractivity contribution in [2.24, 2.45) is 5.73 Å². The molecule has 1 saturated carbocycles. The predicted octanol–water partition coefficient (Wildman–Crippen LogP) is 4.25. The maximum absolute atomic E-state index is 12.4. The van der Waals surface area contributed by atoms with Gasteiger partial charge in [0, 0.05) is 25.0 Å². The van der Waals surface area contributed by atoms with Gasteiger partial charge in [0.05, 0.1) is 0 Å². The molecule has 21 heavy (non-hydrogen) atoms. The number of carbonyl (C=O) groups is 1. The molecule has 0 aliphatic heterocycles. The van der Waals surface area contributed by atoms with Crippen LogP contribution in [0.1, 0.15) is 90.9 Å². The normalized spacial score (nSPS) is 22.2. The number of unbranched alkanes of at least 4 members (excludes halogenated alkanes) is 6.